The summed E-state index contributed by atoms with van der Waals surface area (Å²) >= 11 is 6.59. The first kappa shape index (κ1) is 17.1. The van der Waals surface area contributed by atoms with Gasteiger partial charge in [0, 0.05) is 5.56 Å². The third-order valence-electron chi connectivity index (χ3n) is 2.66. The van der Waals surface area contributed by atoms with Crippen molar-refractivity contribution in [3.05, 3.63) is 34.9 Å². The summed E-state index contributed by atoms with van der Waals surface area (Å²) in [5.74, 6) is 3.26. The van der Waals surface area contributed by atoms with Crippen LogP contribution in [0.4, 0.5) is 0 Å². The van der Waals surface area contributed by atoms with Crippen molar-refractivity contribution >= 4 is 57.9 Å². The molecule has 4 heteroatoms. The van der Waals surface area contributed by atoms with Crippen molar-refractivity contribution in [3.63, 3.8) is 0 Å². The minimum absolute atomic E-state index is 0.0396. The second kappa shape index (κ2) is 9.85. The van der Waals surface area contributed by atoms with Crippen molar-refractivity contribution in [3.8, 4) is 11.2 Å². The zero-order valence-corrected chi connectivity index (χ0v) is 16.7. The van der Waals surface area contributed by atoms with Crippen LogP contribution in [0.1, 0.15) is 42.9 Å². The van der Waals surface area contributed by atoms with Crippen LogP contribution in [0.15, 0.2) is 18.2 Å². The summed E-state index contributed by atoms with van der Waals surface area (Å²) in [6.45, 7) is 4.41. The van der Waals surface area contributed by atoms with E-state index in [1.165, 1.54) is 42.4 Å². The van der Waals surface area contributed by atoms with Crippen molar-refractivity contribution < 1.29 is 0 Å². The maximum atomic E-state index is 3.26. The highest BCUT2D eigenvalue weighted by Crippen LogP contribution is 2.64. The predicted molar refractivity (Wildman–Crippen MR) is 104 cm³/mol. The second-order valence-electron chi connectivity index (χ2n) is 4.13. The molecule has 18 heavy (non-hydrogen) atoms. The molecule has 0 amide bonds. The normalized spacial score (nSPS) is 10.3. The van der Waals surface area contributed by atoms with Crippen LogP contribution < -0.4 is 0 Å². The number of halogens is 2. The Morgan fingerprint density at radius 1 is 1.28 bits per heavy atom. The molecule has 1 aromatic rings. The van der Waals surface area contributed by atoms with Crippen molar-refractivity contribution in [2.24, 2.45) is 0 Å². The molecule has 1 aromatic carbocycles. The van der Waals surface area contributed by atoms with Crippen molar-refractivity contribution in [2.75, 3.05) is 0 Å². The molecule has 0 heterocycles. The fourth-order valence-electron chi connectivity index (χ4n) is 1.71. The van der Waals surface area contributed by atoms with Crippen LogP contribution in [0.2, 0.25) is 0 Å². The maximum Gasteiger partial charge on any atom is 0.0965 e. The van der Waals surface area contributed by atoms with Crippen LogP contribution >= 0.6 is 57.9 Å². The Morgan fingerprint density at radius 2 is 2.06 bits per heavy atom. The average molecular weight is 502 g/mol. The molecule has 0 nitrogen and oxygen atoms in total. The Hall–Kier alpha value is 1.02. The van der Waals surface area contributed by atoms with Gasteiger partial charge in [0.25, 0.3) is 0 Å². The zero-order chi connectivity index (χ0) is 13.4. The van der Waals surface area contributed by atoms with Crippen LogP contribution in [0.3, 0.4) is 0 Å². The van der Waals surface area contributed by atoms with Gasteiger partial charge < -0.3 is 0 Å². The zero-order valence-electron chi connectivity index (χ0n) is 10.7. The van der Waals surface area contributed by atoms with E-state index in [2.05, 4.69) is 87.3 Å². The van der Waals surface area contributed by atoms with E-state index in [1.54, 1.807) is 11.4 Å². The highest BCUT2D eigenvalue weighted by Gasteiger charge is 1.99. The van der Waals surface area contributed by atoms with Gasteiger partial charge in [0.1, 0.15) is 0 Å². The molecular weight excluding hydrogens is 485 g/mol. The maximum absolute atomic E-state index is 3.26. The lowest BCUT2D eigenvalue weighted by Crippen LogP contribution is -1.89. The van der Waals surface area contributed by atoms with Crippen LogP contribution in [-0.2, 0) is 6.42 Å². The number of rotatable bonds is 5. The summed E-state index contributed by atoms with van der Waals surface area (Å²) in [6.07, 6.45) is 5.11. The van der Waals surface area contributed by atoms with Gasteiger partial charge in [0.05, 0.1) is 2.41 Å². The molecule has 1 rings (SSSR count). The fraction of sp³-hybridized carbons (Fsp3) is 0.429. The molecule has 0 spiro atoms. The summed E-state index contributed by atoms with van der Waals surface area (Å²) < 4.78 is -0.0396. The van der Waals surface area contributed by atoms with Gasteiger partial charge in [-0.05, 0) is 97.7 Å². The summed E-state index contributed by atoms with van der Waals surface area (Å²) in [5.41, 5.74) is 3.93. The Morgan fingerprint density at radius 3 is 2.67 bits per heavy atom. The summed E-state index contributed by atoms with van der Waals surface area (Å²) in [6, 6.07) is 6.70. The molecule has 0 unspecified atom stereocenters. The first-order valence-electron chi connectivity index (χ1n) is 6.02. The fourth-order valence-corrected chi connectivity index (χ4v) is 4.05. The lowest BCUT2D eigenvalue weighted by Gasteiger charge is -2.04. The minimum Gasteiger partial charge on any atom is -0.0654 e. The summed E-state index contributed by atoms with van der Waals surface area (Å²) in [5, 5.41) is 3.19. The Bertz CT molecular complexity index is 435. The van der Waals surface area contributed by atoms with E-state index < -0.39 is 0 Å². The van der Waals surface area contributed by atoms with Gasteiger partial charge in [0.15, 0.2) is 0 Å². The molecule has 0 fully saturated rings. The van der Waals surface area contributed by atoms with Crippen molar-refractivity contribution in [1.82, 2.24) is 0 Å². The molecular formula is C14H17I2PS. The smallest absolute Gasteiger partial charge is 0.0654 e. The van der Waals surface area contributed by atoms with Gasteiger partial charge in [-0.15, -0.1) is 0 Å². The van der Waals surface area contributed by atoms with Gasteiger partial charge in [0.2, 0.25) is 0 Å². The highest BCUT2D eigenvalue weighted by atomic mass is 127. The lowest BCUT2D eigenvalue weighted by atomic mass is 10.0. The third-order valence-corrected chi connectivity index (χ3v) is 7.22. The molecule has 0 N–H and O–H groups in total. The lowest BCUT2D eigenvalue weighted by molar-refractivity contribution is 0.717. The van der Waals surface area contributed by atoms with Crippen LogP contribution in [-0.4, -0.2) is 0 Å². The first-order chi connectivity index (χ1) is 8.63. The molecule has 0 saturated carbocycles. The van der Waals surface area contributed by atoms with E-state index >= 15 is 0 Å². The largest absolute Gasteiger partial charge is 0.0965 e. The number of unbranched alkanes of at least 4 members (excludes halogenated alkanes) is 2. The topological polar surface area (TPSA) is 0 Å². The van der Waals surface area contributed by atoms with Crippen LogP contribution in [0.5, 0.6) is 0 Å². The summed E-state index contributed by atoms with van der Waals surface area (Å²) in [4.78, 5) is 0. The van der Waals surface area contributed by atoms with E-state index in [1.807, 2.05) is 0 Å². The molecule has 0 aliphatic heterocycles. The monoisotopic (exact) mass is 502 g/mol. The van der Waals surface area contributed by atoms with Gasteiger partial charge in [-0.1, -0.05) is 37.8 Å². The number of benzene rings is 1. The Labute approximate surface area is 142 Å². The van der Waals surface area contributed by atoms with E-state index in [4.69, 9.17) is 0 Å². The third kappa shape index (κ3) is 6.98. The molecule has 0 bridgehead atoms. The second-order valence-corrected chi connectivity index (χ2v) is 21.8. The molecule has 0 aromatic heterocycles. The van der Waals surface area contributed by atoms with Crippen molar-refractivity contribution in [1.29, 1.82) is 0 Å². The predicted octanol–water partition coefficient (Wildman–Crippen LogP) is 6.87. The SMILES string of the molecule is CCCCCc1ccc(C#CSP(I)I)c(C)c1. The minimum atomic E-state index is -0.0396. The van der Waals surface area contributed by atoms with E-state index in [9.17, 15) is 0 Å². The van der Waals surface area contributed by atoms with Crippen LogP contribution in [0, 0.1) is 18.1 Å². The molecule has 0 aliphatic rings. The van der Waals surface area contributed by atoms with Gasteiger partial charge in [-0.25, -0.2) is 0 Å². The molecule has 0 aliphatic carbocycles. The molecule has 0 atom stereocenters. The first-order valence-corrected chi connectivity index (χ1v) is 14.4. The average Bonchev–Trinajstić information content (AvgIpc) is 2.32. The van der Waals surface area contributed by atoms with E-state index in [-0.39, 0.29) is 2.41 Å². The van der Waals surface area contributed by atoms with E-state index in [0.29, 0.717) is 0 Å². The number of hydrogen-bond donors (Lipinski definition) is 0. The van der Waals surface area contributed by atoms with Crippen molar-refractivity contribution in [2.45, 2.75) is 39.5 Å². The van der Waals surface area contributed by atoms with Crippen LogP contribution in [0.25, 0.3) is 0 Å². The molecule has 0 radical (unpaired) electrons. The highest BCUT2D eigenvalue weighted by molar-refractivity contribution is 14.3. The van der Waals surface area contributed by atoms with Gasteiger partial charge in [-0.3, -0.25) is 0 Å². The standard InChI is InChI=1S/C14H17I2PS/c1-3-4-5-6-13-7-8-14(12(2)11-13)9-10-18-17(15)16/h7-8,11H,3-6H2,1-2H3. The molecule has 98 valence electrons. The number of aryl methyl sites for hydroxylation is 2. The van der Waals surface area contributed by atoms with Gasteiger partial charge in [-0.2, -0.15) is 0 Å². The van der Waals surface area contributed by atoms with E-state index in [0.717, 1.165) is 0 Å². The summed E-state index contributed by atoms with van der Waals surface area (Å²) in [7, 11) is 0. The Balaban J connectivity index is 2.63. The molecule has 0 saturated heterocycles. The number of hydrogen-bond acceptors (Lipinski definition) is 1. The Kier molecular flexibility index (Phi) is 9.34. The van der Waals surface area contributed by atoms with Gasteiger partial charge >= 0.3 is 0 Å². The quantitative estimate of drug-likeness (QED) is 0.184.